The number of carbonyl (C=O) groups is 4. The van der Waals surface area contributed by atoms with Crippen LogP contribution in [0.15, 0.2) is 53.9 Å². The summed E-state index contributed by atoms with van der Waals surface area (Å²) in [5, 5.41) is 4.83. The highest BCUT2D eigenvalue weighted by Gasteiger charge is 2.36. The van der Waals surface area contributed by atoms with Crippen LogP contribution < -0.4 is 5.32 Å². The SMILES string of the molecule is CC[C@@H](C)[C@H](NC(=O)OCC1c2ccccc2-c2ccccc21)C(=O)N(C)[C@@H](C[C@@H](OC(C)=O)c1nc(C(=O)OC)cs1)C(C)C. The number of thiazole rings is 1. The molecule has 4 atom stereocenters. The maximum absolute atomic E-state index is 14.1. The molecule has 10 nitrogen and oxygen atoms in total. The first-order valence-corrected chi connectivity index (χ1v) is 16.4. The van der Waals surface area contributed by atoms with Crippen molar-refractivity contribution >= 4 is 35.3 Å². The lowest BCUT2D eigenvalue weighted by Gasteiger charge is -2.36. The van der Waals surface area contributed by atoms with Gasteiger partial charge in [-0.2, -0.15) is 0 Å². The zero-order valence-corrected chi connectivity index (χ0v) is 28.3. The van der Waals surface area contributed by atoms with Crippen LogP contribution in [0.25, 0.3) is 11.1 Å². The fourth-order valence-corrected chi connectivity index (χ4v) is 6.79. The van der Waals surface area contributed by atoms with Crippen LogP contribution in [0.4, 0.5) is 4.79 Å². The van der Waals surface area contributed by atoms with Crippen LogP contribution in [-0.4, -0.2) is 66.7 Å². The van der Waals surface area contributed by atoms with Crippen molar-refractivity contribution in [2.45, 2.75) is 71.6 Å². The summed E-state index contributed by atoms with van der Waals surface area (Å²) in [5.41, 5.74) is 4.59. The van der Waals surface area contributed by atoms with Crippen LogP contribution >= 0.6 is 11.3 Å². The molecule has 0 aliphatic heterocycles. The van der Waals surface area contributed by atoms with E-state index in [0.717, 1.165) is 22.3 Å². The van der Waals surface area contributed by atoms with E-state index >= 15 is 0 Å². The van der Waals surface area contributed by atoms with Crippen molar-refractivity contribution < 1.29 is 33.4 Å². The topological polar surface area (TPSA) is 124 Å². The Balaban J connectivity index is 1.48. The number of rotatable bonds is 13. The molecule has 1 aliphatic carbocycles. The molecular weight excluding hydrogens is 606 g/mol. The molecule has 0 radical (unpaired) electrons. The Labute approximate surface area is 274 Å². The minimum Gasteiger partial charge on any atom is -0.464 e. The molecule has 246 valence electrons. The highest BCUT2D eigenvalue weighted by Crippen LogP contribution is 2.44. The molecule has 0 saturated carbocycles. The van der Waals surface area contributed by atoms with Gasteiger partial charge in [-0.25, -0.2) is 14.6 Å². The number of hydrogen-bond donors (Lipinski definition) is 1. The summed E-state index contributed by atoms with van der Waals surface area (Å²) >= 11 is 1.18. The number of benzene rings is 2. The van der Waals surface area contributed by atoms with Crippen molar-refractivity contribution in [1.29, 1.82) is 0 Å². The van der Waals surface area contributed by atoms with Gasteiger partial charge in [0.15, 0.2) is 11.8 Å². The van der Waals surface area contributed by atoms with E-state index in [9.17, 15) is 19.2 Å². The first-order valence-electron chi connectivity index (χ1n) is 15.6. The fourth-order valence-electron chi connectivity index (χ4n) is 5.96. The van der Waals surface area contributed by atoms with Gasteiger partial charge in [-0.1, -0.05) is 82.6 Å². The number of hydrogen-bond acceptors (Lipinski definition) is 9. The van der Waals surface area contributed by atoms with Crippen molar-refractivity contribution in [1.82, 2.24) is 15.2 Å². The molecule has 0 unspecified atom stereocenters. The molecule has 1 aliphatic rings. The standard InChI is InChI=1S/C35H43N3O7S/c1-8-21(4)31(37-35(42)44-18-27-25-15-11-9-13-23(25)24-14-10-12-16-26(24)27)33(40)38(6)29(20(2)3)17-30(45-22(5)39)32-36-28(19-46-32)34(41)43-7/h9-16,19-21,27,29-31H,8,17-18H2,1-7H3,(H,37,42)/t21-,29+,30-,31+/m1/s1. The first-order chi connectivity index (χ1) is 22.0. The summed E-state index contributed by atoms with van der Waals surface area (Å²) in [6, 6.07) is 15.0. The van der Waals surface area contributed by atoms with E-state index < -0.39 is 36.2 Å². The monoisotopic (exact) mass is 649 g/mol. The van der Waals surface area contributed by atoms with E-state index in [4.69, 9.17) is 14.2 Å². The minimum absolute atomic E-state index is 0.0425. The van der Waals surface area contributed by atoms with Gasteiger partial charge in [-0.15, -0.1) is 11.3 Å². The number of methoxy groups -OCH3 is 1. The van der Waals surface area contributed by atoms with E-state index in [0.29, 0.717) is 11.4 Å². The van der Waals surface area contributed by atoms with Crippen LogP contribution in [0.3, 0.4) is 0 Å². The third kappa shape index (κ3) is 7.75. The van der Waals surface area contributed by atoms with Crippen molar-refractivity contribution in [2.24, 2.45) is 11.8 Å². The van der Waals surface area contributed by atoms with Crippen LogP contribution in [-0.2, 0) is 23.8 Å². The molecule has 1 heterocycles. The van der Waals surface area contributed by atoms with Crippen LogP contribution in [0.1, 0.15) is 86.1 Å². The van der Waals surface area contributed by atoms with Gasteiger partial charge < -0.3 is 24.4 Å². The second kappa shape index (κ2) is 15.4. The van der Waals surface area contributed by atoms with Gasteiger partial charge in [0.25, 0.3) is 0 Å². The number of esters is 2. The number of alkyl carbamates (subject to hydrolysis) is 1. The first kappa shape index (κ1) is 34.6. The number of nitrogens with one attached hydrogen (secondary N) is 1. The Kier molecular flexibility index (Phi) is 11.6. The molecule has 1 aromatic heterocycles. The van der Waals surface area contributed by atoms with E-state index in [1.165, 1.54) is 25.4 Å². The van der Waals surface area contributed by atoms with Gasteiger partial charge in [-0.3, -0.25) is 9.59 Å². The molecule has 0 saturated heterocycles. The fraction of sp³-hybridized carbons (Fsp3) is 0.457. The van der Waals surface area contributed by atoms with Crippen LogP contribution in [0, 0.1) is 11.8 Å². The molecule has 1 N–H and O–H groups in total. The number of fused-ring (bicyclic) bond motifs is 3. The van der Waals surface area contributed by atoms with Gasteiger partial charge >= 0.3 is 18.0 Å². The molecule has 46 heavy (non-hydrogen) atoms. The van der Waals surface area contributed by atoms with Crippen molar-refractivity contribution in [3.8, 4) is 11.1 Å². The Morgan fingerprint density at radius 3 is 2.15 bits per heavy atom. The van der Waals surface area contributed by atoms with Gasteiger partial charge in [0.2, 0.25) is 5.91 Å². The average molecular weight is 650 g/mol. The summed E-state index contributed by atoms with van der Waals surface area (Å²) in [7, 11) is 2.96. The number of likely N-dealkylation sites (N-methyl/N-ethyl adjacent to an activating group) is 1. The minimum atomic E-state index is -0.843. The normalized spacial score (nSPS) is 14.8. The van der Waals surface area contributed by atoms with Crippen molar-refractivity contribution in [2.75, 3.05) is 20.8 Å². The molecular formula is C35H43N3O7S. The van der Waals surface area contributed by atoms with E-state index in [2.05, 4.69) is 34.6 Å². The Morgan fingerprint density at radius 2 is 1.61 bits per heavy atom. The van der Waals surface area contributed by atoms with Crippen molar-refractivity contribution in [3.63, 3.8) is 0 Å². The summed E-state index contributed by atoms with van der Waals surface area (Å²) in [6.07, 6.45) is -0.566. The van der Waals surface area contributed by atoms with E-state index in [1.807, 2.05) is 52.0 Å². The zero-order valence-electron chi connectivity index (χ0n) is 27.4. The maximum Gasteiger partial charge on any atom is 0.407 e. The smallest absolute Gasteiger partial charge is 0.407 e. The van der Waals surface area contributed by atoms with E-state index in [-0.39, 0.29) is 42.4 Å². The van der Waals surface area contributed by atoms with Gasteiger partial charge in [-0.05, 0) is 34.1 Å². The summed E-state index contributed by atoms with van der Waals surface area (Å²) < 4.78 is 16.2. The lowest BCUT2D eigenvalue weighted by molar-refractivity contribution is -0.148. The molecule has 0 bridgehead atoms. The summed E-state index contributed by atoms with van der Waals surface area (Å²) in [5.74, 6) is -1.71. The predicted octanol–water partition coefficient (Wildman–Crippen LogP) is 6.36. The molecule has 11 heteroatoms. The number of ether oxygens (including phenoxy) is 3. The number of carbonyl (C=O) groups excluding carboxylic acids is 4. The van der Waals surface area contributed by atoms with Crippen LogP contribution in [0.2, 0.25) is 0 Å². The maximum atomic E-state index is 14.1. The Morgan fingerprint density at radius 1 is 1.00 bits per heavy atom. The third-order valence-electron chi connectivity index (χ3n) is 8.67. The highest BCUT2D eigenvalue weighted by atomic mass is 32.1. The molecule has 0 spiro atoms. The van der Waals surface area contributed by atoms with Crippen molar-refractivity contribution in [3.05, 3.63) is 75.7 Å². The average Bonchev–Trinajstić information content (AvgIpc) is 3.66. The largest absolute Gasteiger partial charge is 0.464 e. The second-order valence-electron chi connectivity index (χ2n) is 12.0. The predicted molar refractivity (Wildman–Crippen MR) is 175 cm³/mol. The zero-order chi connectivity index (χ0) is 33.5. The lowest BCUT2D eigenvalue weighted by atomic mass is 9.93. The third-order valence-corrected chi connectivity index (χ3v) is 9.60. The summed E-state index contributed by atoms with van der Waals surface area (Å²) in [4.78, 5) is 57.3. The summed E-state index contributed by atoms with van der Waals surface area (Å²) in [6.45, 7) is 9.25. The van der Waals surface area contributed by atoms with Crippen LogP contribution in [0.5, 0.6) is 0 Å². The van der Waals surface area contributed by atoms with Gasteiger partial charge in [0.1, 0.15) is 17.7 Å². The quantitative estimate of drug-likeness (QED) is 0.168. The lowest BCUT2D eigenvalue weighted by Crippen LogP contribution is -2.54. The molecule has 0 fully saturated rings. The molecule has 3 aromatic rings. The number of nitrogens with zero attached hydrogens (tertiary/aromatic N) is 2. The molecule has 2 aromatic carbocycles. The molecule has 2 amide bonds. The number of aromatic nitrogens is 1. The highest BCUT2D eigenvalue weighted by molar-refractivity contribution is 7.09. The molecule has 4 rings (SSSR count). The Bertz CT molecular complexity index is 1510. The van der Waals surface area contributed by atoms with E-state index in [1.54, 1.807) is 17.3 Å². The van der Waals surface area contributed by atoms with Gasteiger partial charge in [0, 0.05) is 37.7 Å². The Hall–Kier alpha value is -4.25. The second-order valence-corrected chi connectivity index (χ2v) is 12.9. The van der Waals surface area contributed by atoms with Gasteiger partial charge in [0.05, 0.1) is 7.11 Å². The number of amides is 2.